The fourth-order valence-corrected chi connectivity index (χ4v) is 1.57. The third kappa shape index (κ3) is 4.25. The van der Waals surface area contributed by atoms with Gasteiger partial charge in [-0.25, -0.2) is 0 Å². The molecule has 0 aromatic heterocycles. The van der Waals surface area contributed by atoms with Gasteiger partial charge in [-0.15, -0.1) is 0 Å². The molecule has 0 saturated heterocycles. The zero-order chi connectivity index (χ0) is 11.6. The monoisotopic (exact) mass is 202 g/mol. The first-order valence-corrected chi connectivity index (χ1v) is 4.50. The number of ether oxygens (including phenoxy) is 1. The normalized spacial score (nSPS) is 12.4. The SMILES string of the molecule is CC(=O)OC(C)(C)CC(C)(C)C(=O)O. The minimum absolute atomic E-state index is 0.287. The van der Waals surface area contributed by atoms with E-state index in [1.165, 1.54) is 6.92 Å². The molecule has 0 aromatic rings. The van der Waals surface area contributed by atoms with Gasteiger partial charge in [-0.05, 0) is 27.7 Å². The van der Waals surface area contributed by atoms with Crippen molar-refractivity contribution < 1.29 is 19.4 Å². The van der Waals surface area contributed by atoms with Crippen molar-refractivity contribution in [3.05, 3.63) is 0 Å². The summed E-state index contributed by atoms with van der Waals surface area (Å²) in [5.74, 6) is -1.28. The van der Waals surface area contributed by atoms with Gasteiger partial charge in [0.1, 0.15) is 5.60 Å². The zero-order valence-corrected chi connectivity index (χ0v) is 9.38. The molecule has 0 aliphatic carbocycles. The highest BCUT2D eigenvalue weighted by molar-refractivity contribution is 5.73. The molecule has 0 atom stereocenters. The summed E-state index contributed by atoms with van der Waals surface area (Å²) in [5, 5.41) is 8.90. The summed E-state index contributed by atoms with van der Waals surface area (Å²) in [7, 11) is 0. The summed E-state index contributed by atoms with van der Waals surface area (Å²) < 4.78 is 5.02. The summed E-state index contributed by atoms with van der Waals surface area (Å²) in [6, 6.07) is 0. The second-order valence-electron chi connectivity index (χ2n) is 4.72. The molecule has 0 unspecified atom stereocenters. The molecule has 82 valence electrons. The molecule has 0 spiro atoms. The molecule has 0 heterocycles. The molecular weight excluding hydrogens is 184 g/mol. The minimum Gasteiger partial charge on any atom is -0.481 e. The molecule has 1 N–H and O–H groups in total. The Morgan fingerprint density at radius 2 is 1.64 bits per heavy atom. The number of esters is 1. The maximum absolute atomic E-state index is 10.8. The lowest BCUT2D eigenvalue weighted by molar-refractivity contribution is -0.162. The van der Waals surface area contributed by atoms with E-state index in [0.717, 1.165) is 0 Å². The van der Waals surface area contributed by atoms with Gasteiger partial charge < -0.3 is 9.84 Å². The Kier molecular flexibility index (Phi) is 3.68. The largest absolute Gasteiger partial charge is 0.481 e. The van der Waals surface area contributed by atoms with Gasteiger partial charge in [0.05, 0.1) is 5.41 Å². The van der Waals surface area contributed by atoms with Crippen LogP contribution in [0, 0.1) is 5.41 Å². The number of hydrogen-bond acceptors (Lipinski definition) is 3. The average molecular weight is 202 g/mol. The Hall–Kier alpha value is -1.06. The molecule has 0 rings (SSSR count). The molecular formula is C10H18O4. The van der Waals surface area contributed by atoms with Crippen LogP contribution >= 0.6 is 0 Å². The number of hydrogen-bond donors (Lipinski definition) is 1. The van der Waals surface area contributed by atoms with E-state index >= 15 is 0 Å². The number of aliphatic carboxylic acids is 1. The number of carbonyl (C=O) groups is 2. The predicted molar refractivity (Wildman–Crippen MR) is 51.9 cm³/mol. The van der Waals surface area contributed by atoms with Gasteiger partial charge in [-0.2, -0.15) is 0 Å². The smallest absolute Gasteiger partial charge is 0.309 e. The fraction of sp³-hybridized carbons (Fsp3) is 0.800. The average Bonchev–Trinajstić information content (AvgIpc) is 1.79. The van der Waals surface area contributed by atoms with E-state index in [1.54, 1.807) is 27.7 Å². The van der Waals surface area contributed by atoms with Crippen molar-refractivity contribution in [1.82, 2.24) is 0 Å². The van der Waals surface area contributed by atoms with Gasteiger partial charge in [0.2, 0.25) is 0 Å². The van der Waals surface area contributed by atoms with Crippen molar-refractivity contribution in [2.45, 2.75) is 46.6 Å². The van der Waals surface area contributed by atoms with Crippen LogP contribution in [-0.4, -0.2) is 22.6 Å². The van der Waals surface area contributed by atoms with Gasteiger partial charge in [0.15, 0.2) is 0 Å². The molecule has 0 aliphatic rings. The lowest BCUT2D eigenvalue weighted by Crippen LogP contribution is -2.37. The van der Waals surface area contributed by atoms with Crippen molar-refractivity contribution in [2.75, 3.05) is 0 Å². The number of rotatable bonds is 4. The van der Waals surface area contributed by atoms with E-state index in [0.29, 0.717) is 0 Å². The van der Waals surface area contributed by atoms with E-state index in [1.807, 2.05) is 0 Å². The molecule has 14 heavy (non-hydrogen) atoms. The van der Waals surface area contributed by atoms with E-state index in [4.69, 9.17) is 9.84 Å². The van der Waals surface area contributed by atoms with Crippen molar-refractivity contribution in [1.29, 1.82) is 0 Å². The Balaban J connectivity index is 4.49. The van der Waals surface area contributed by atoms with Crippen molar-refractivity contribution in [3.63, 3.8) is 0 Å². The zero-order valence-electron chi connectivity index (χ0n) is 9.38. The third-order valence-electron chi connectivity index (χ3n) is 1.87. The Morgan fingerprint density at radius 3 is 1.93 bits per heavy atom. The Morgan fingerprint density at radius 1 is 1.21 bits per heavy atom. The molecule has 0 bridgehead atoms. The van der Waals surface area contributed by atoms with Crippen LogP contribution in [0.25, 0.3) is 0 Å². The maximum atomic E-state index is 10.8. The van der Waals surface area contributed by atoms with Crippen LogP contribution in [-0.2, 0) is 14.3 Å². The van der Waals surface area contributed by atoms with Gasteiger partial charge in [-0.3, -0.25) is 9.59 Å². The van der Waals surface area contributed by atoms with Crippen LogP contribution in [0.1, 0.15) is 41.0 Å². The van der Waals surface area contributed by atoms with Gasteiger partial charge in [0, 0.05) is 13.3 Å². The minimum atomic E-state index is -0.891. The van der Waals surface area contributed by atoms with E-state index in [9.17, 15) is 9.59 Å². The summed E-state index contributed by atoms with van der Waals surface area (Å²) in [4.78, 5) is 21.6. The first kappa shape index (κ1) is 12.9. The highest BCUT2D eigenvalue weighted by atomic mass is 16.6. The summed E-state index contributed by atoms with van der Waals surface area (Å²) in [6.07, 6.45) is 0.287. The van der Waals surface area contributed by atoms with E-state index in [-0.39, 0.29) is 6.42 Å². The van der Waals surface area contributed by atoms with E-state index in [2.05, 4.69) is 0 Å². The molecule has 0 radical (unpaired) electrons. The highest BCUT2D eigenvalue weighted by Crippen LogP contribution is 2.30. The topological polar surface area (TPSA) is 63.6 Å². The molecule has 4 nitrogen and oxygen atoms in total. The quantitative estimate of drug-likeness (QED) is 0.706. The molecule has 0 saturated carbocycles. The Bertz CT molecular complexity index is 241. The van der Waals surface area contributed by atoms with Crippen molar-refractivity contribution in [3.8, 4) is 0 Å². The van der Waals surface area contributed by atoms with Crippen LogP contribution in [0.4, 0.5) is 0 Å². The van der Waals surface area contributed by atoms with Crippen molar-refractivity contribution in [2.24, 2.45) is 5.41 Å². The molecule has 0 aromatic carbocycles. The number of carboxylic acids is 1. The predicted octanol–water partition coefficient (Wildman–Crippen LogP) is 1.83. The van der Waals surface area contributed by atoms with Crippen LogP contribution in [0.15, 0.2) is 0 Å². The first-order valence-electron chi connectivity index (χ1n) is 4.50. The molecule has 0 fully saturated rings. The summed E-state index contributed by atoms with van der Waals surface area (Å²) in [5.41, 5.74) is -1.63. The fourth-order valence-electron chi connectivity index (χ4n) is 1.57. The van der Waals surface area contributed by atoms with Gasteiger partial charge >= 0.3 is 11.9 Å². The van der Waals surface area contributed by atoms with Crippen LogP contribution in [0.2, 0.25) is 0 Å². The number of carboxylic acid groups (broad SMARTS) is 1. The lowest BCUT2D eigenvalue weighted by Gasteiger charge is -2.31. The van der Waals surface area contributed by atoms with E-state index < -0.39 is 23.0 Å². The standard InChI is InChI=1S/C10H18O4/c1-7(11)14-10(4,5)6-9(2,3)8(12)13/h6H2,1-5H3,(H,12,13). The number of carbonyl (C=O) groups excluding carboxylic acids is 1. The molecule has 0 aliphatic heterocycles. The first-order chi connectivity index (χ1) is 6.07. The second kappa shape index (κ2) is 3.98. The van der Waals surface area contributed by atoms with Gasteiger partial charge in [0.25, 0.3) is 0 Å². The Labute approximate surface area is 84.3 Å². The summed E-state index contributed by atoms with van der Waals surface area (Å²) >= 11 is 0. The third-order valence-corrected chi connectivity index (χ3v) is 1.87. The van der Waals surface area contributed by atoms with Crippen molar-refractivity contribution >= 4 is 11.9 Å². The van der Waals surface area contributed by atoms with Crippen LogP contribution in [0.5, 0.6) is 0 Å². The maximum Gasteiger partial charge on any atom is 0.309 e. The molecule has 4 heteroatoms. The van der Waals surface area contributed by atoms with Crippen LogP contribution in [0.3, 0.4) is 0 Å². The second-order valence-corrected chi connectivity index (χ2v) is 4.72. The highest BCUT2D eigenvalue weighted by Gasteiger charge is 2.36. The summed E-state index contributed by atoms with van der Waals surface area (Å²) in [6.45, 7) is 7.95. The molecule has 0 amide bonds. The van der Waals surface area contributed by atoms with Crippen LogP contribution < -0.4 is 0 Å². The van der Waals surface area contributed by atoms with Gasteiger partial charge in [-0.1, -0.05) is 0 Å². The lowest BCUT2D eigenvalue weighted by atomic mass is 9.82.